The second-order valence-electron chi connectivity index (χ2n) is 5.60. The normalized spacial score (nSPS) is 12.9. The molecule has 0 aliphatic rings. The lowest BCUT2D eigenvalue weighted by molar-refractivity contribution is -0.144. The topological polar surface area (TPSA) is 75.6 Å². The minimum atomic E-state index is -1.23. The van der Waals surface area contributed by atoms with Crippen molar-refractivity contribution in [2.45, 2.75) is 18.8 Å². The molecule has 0 aliphatic heterocycles. The second kappa shape index (κ2) is 8.28. The van der Waals surface area contributed by atoms with Gasteiger partial charge in [0.2, 0.25) is 0 Å². The lowest BCUT2D eigenvalue weighted by atomic mass is 9.78. The molecule has 0 bridgehead atoms. The summed E-state index contributed by atoms with van der Waals surface area (Å²) in [4.78, 5) is 23.9. The minimum absolute atomic E-state index is 0.0271. The van der Waals surface area contributed by atoms with Crippen LogP contribution in [0.3, 0.4) is 0 Å². The highest BCUT2D eigenvalue weighted by molar-refractivity contribution is 5.84. The van der Waals surface area contributed by atoms with E-state index in [9.17, 15) is 19.1 Å². The lowest BCUT2D eigenvalue weighted by Gasteiger charge is -2.29. The van der Waals surface area contributed by atoms with Gasteiger partial charge in [0.05, 0.1) is 0 Å². The third kappa shape index (κ3) is 4.35. The largest absolute Gasteiger partial charge is 0.481 e. The summed E-state index contributed by atoms with van der Waals surface area (Å²) in [5, 5.41) is 12.3. The molecule has 1 atom stereocenters. The molecule has 5 nitrogen and oxygen atoms in total. The van der Waals surface area contributed by atoms with Crippen LogP contribution in [0.25, 0.3) is 0 Å². The quantitative estimate of drug-likeness (QED) is 0.771. The summed E-state index contributed by atoms with van der Waals surface area (Å²) >= 11 is 0. The van der Waals surface area contributed by atoms with Crippen LogP contribution in [0.15, 0.2) is 54.6 Å². The number of halogens is 1. The summed E-state index contributed by atoms with van der Waals surface area (Å²) in [6.07, 6.45) is 0.306. The molecule has 0 aliphatic carbocycles. The maximum atomic E-state index is 13.5. The van der Waals surface area contributed by atoms with Crippen LogP contribution < -0.4 is 10.1 Å². The van der Waals surface area contributed by atoms with Crippen molar-refractivity contribution in [3.8, 4) is 5.75 Å². The SMILES string of the molecule is CCC(CNC(=O)COc1ccccc1F)(C(=O)O)c1ccccc1. The van der Waals surface area contributed by atoms with Gasteiger partial charge in [0, 0.05) is 6.54 Å². The average Bonchev–Trinajstić information content (AvgIpc) is 2.62. The highest BCUT2D eigenvalue weighted by Gasteiger charge is 2.38. The number of hydrogen-bond acceptors (Lipinski definition) is 3. The van der Waals surface area contributed by atoms with Gasteiger partial charge in [-0.05, 0) is 24.1 Å². The van der Waals surface area contributed by atoms with Crippen molar-refractivity contribution in [3.05, 3.63) is 66.0 Å². The van der Waals surface area contributed by atoms with Gasteiger partial charge in [0.25, 0.3) is 5.91 Å². The zero-order valence-corrected chi connectivity index (χ0v) is 13.9. The summed E-state index contributed by atoms with van der Waals surface area (Å²) in [6.45, 7) is 1.28. The van der Waals surface area contributed by atoms with Crippen LogP contribution in [0.2, 0.25) is 0 Å². The Kier molecular flexibility index (Phi) is 6.11. The first-order valence-corrected chi connectivity index (χ1v) is 7.92. The lowest BCUT2D eigenvalue weighted by Crippen LogP contribution is -2.47. The number of carbonyl (C=O) groups excluding carboxylic acids is 1. The van der Waals surface area contributed by atoms with Gasteiger partial charge in [-0.25, -0.2) is 4.39 Å². The summed E-state index contributed by atoms with van der Waals surface area (Å²) in [7, 11) is 0. The van der Waals surface area contributed by atoms with Gasteiger partial charge in [-0.3, -0.25) is 9.59 Å². The molecule has 2 N–H and O–H groups in total. The molecule has 132 valence electrons. The van der Waals surface area contributed by atoms with Crippen molar-refractivity contribution >= 4 is 11.9 Å². The van der Waals surface area contributed by atoms with E-state index in [-0.39, 0.29) is 12.3 Å². The van der Waals surface area contributed by atoms with Crippen molar-refractivity contribution in [2.24, 2.45) is 0 Å². The van der Waals surface area contributed by atoms with E-state index in [1.54, 1.807) is 43.3 Å². The van der Waals surface area contributed by atoms with Crippen molar-refractivity contribution in [2.75, 3.05) is 13.2 Å². The Hall–Kier alpha value is -2.89. The van der Waals surface area contributed by atoms with Crippen LogP contribution in [0.4, 0.5) is 4.39 Å². The van der Waals surface area contributed by atoms with Crippen molar-refractivity contribution in [3.63, 3.8) is 0 Å². The van der Waals surface area contributed by atoms with Crippen LogP contribution in [-0.4, -0.2) is 30.1 Å². The number of ether oxygens (including phenoxy) is 1. The highest BCUT2D eigenvalue weighted by atomic mass is 19.1. The number of carboxylic acids is 1. The third-order valence-electron chi connectivity index (χ3n) is 4.12. The Morgan fingerprint density at radius 3 is 2.36 bits per heavy atom. The number of carboxylic acid groups (broad SMARTS) is 1. The molecule has 0 aromatic heterocycles. The number of amides is 1. The number of hydrogen-bond donors (Lipinski definition) is 2. The van der Waals surface area contributed by atoms with Gasteiger partial charge in [-0.1, -0.05) is 49.4 Å². The van der Waals surface area contributed by atoms with E-state index in [1.165, 1.54) is 18.2 Å². The van der Waals surface area contributed by atoms with E-state index >= 15 is 0 Å². The van der Waals surface area contributed by atoms with E-state index in [4.69, 9.17) is 4.74 Å². The van der Waals surface area contributed by atoms with Gasteiger partial charge >= 0.3 is 5.97 Å². The Balaban J connectivity index is 2.02. The highest BCUT2D eigenvalue weighted by Crippen LogP contribution is 2.27. The van der Waals surface area contributed by atoms with E-state index in [0.29, 0.717) is 12.0 Å². The monoisotopic (exact) mass is 345 g/mol. The maximum Gasteiger partial charge on any atom is 0.315 e. The van der Waals surface area contributed by atoms with E-state index in [0.717, 1.165) is 0 Å². The van der Waals surface area contributed by atoms with Gasteiger partial charge in [-0.2, -0.15) is 0 Å². The fourth-order valence-corrected chi connectivity index (χ4v) is 2.54. The van der Waals surface area contributed by atoms with Crippen molar-refractivity contribution in [1.29, 1.82) is 0 Å². The molecular weight excluding hydrogens is 325 g/mol. The smallest absolute Gasteiger partial charge is 0.315 e. The van der Waals surface area contributed by atoms with Gasteiger partial charge in [0.1, 0.15) is 5.41 Å². The summed E-state index contributed by atoms with van der Waals surface area (Å²) < 4.78 is 18.6. The zero-order chi connectivity index (χ0) is 18.3. The Bertz CT molecular complexity index is 735. The first-order valence-electron chi connectivity index (χ1n) is 7.92. The summed E-state index contributed by atoms with van der Waals surface area (Å²) in [5.41, 5.74) is -0.616. The van der Waals surface area contributed by atoms with Crippen LogP contribution in [0.5, 0.6) is 5.75 Å². The standard InChI is InChI=1S/C19H20FNO4/c1-2-19(18(23)24,14-8-4-3-5-9-14)13-21-17(22)12-25-16-11-7-6-10-15(16)20/h3-11H,2,12-13H2,1H3,(H,21,22)(H,23,24). The van der Waals surface area contributed by atoms with Crippen LogP contribution in [-0.2, 0) is 15.0 Å². The van der Waals surface area contributed by atoms with E-state index in [2.05, 4.69) is 5.32 Å². The van der Waals surface area contributed by atoms with Crippen molar-refractivity contribution in [1.82, 2.24) is 5.32 Å². The molecule has 0 radical (unpaired) electrons. The molecule has 0 heterocycles. The molecule has 0 saturated carbocycles. The molecule has 0 saturated heterocycles. The molecule has 6 heteroatoms. The third-order valence-corrected chi connectivity index (χ3v) is 4.12. The first-order chi connectivity index (χ1) is 12.0. The predicted octanol–water partition coefficient (Wildman–Crippen LogP) is 2.75. The van der Waals surface area contributed by atoms with Crippen molar-refractivity contribution < 1.29 is 23.8 Å². The van der Waals surface area contributed by atoms with Gasteiger partial charge < -0.3 is 15.2 Å². The number of para-hydroxylation sites is 1. The zero-order valence-electron chi connectivity index (χ0n) is 13.9. The molecule has 2 aromatic carbocycles. The molecule has 25 heavy (non-hydrogen) atoms. The summed E-state index contributed by atoms with van der Waals surface area (Å²) in [5.74, 6) is -2.12. The first kappa shape index (κ1) is 18.4. The Morgan fingerprint density at radius 2 is 1.76 bits per heavy atom. The van der Waals surface area contributed by atoms with Crippen LogP contribution in [0.1, 0.15) is 18.9 Å². The Morgan fingerprint density at radius 1 is 1.12 bits per heavy atom. The van der Waals surface area contributed by atoms with E-state index < -0.39 is 29.7 Å². The van der Waals surface area contributed by atoms with E-state index in [1.807, 2.05) is 0 Å². The molecule has 1 amide bonds. The minimum Gasteiger partial charge on any atom is -0.481 e. The predicted molar refractivity (Wildman–Crippen MR) is 91.0 cm³/mol. The van der Waals surface area contributed by atoms with Gasteiger partial charge in [-0.15, -0.1) is 0 Å². The molecule has 0 fully saturated rings. The van der Waals surface area contributed by atoms with Crippen LogP contribution >= 0.6 is 0 Å². The Labute approximate surface area is 145 Å². The molecule has 1 unspecified atom stereocenters. The molecule has 0 spiro atoms. The number of carbonyl (C=O) groups is 2. The van der Waals surface area contributed by atoms with Gasteiger partial charge in [0.15, 0.2) is 18.2 Å². The molecule has 2 rings (SSSR count). The number of benzene rings is 2. The molecular formula is C19H20FNO4. The molecule has 2 aromatic rings. The fourth-order valence-electron chi connectivity index (χ4n) is 2.54. The average molecular weight is 345 g/mol. The summed E-state index contributed by atoms with van der Waals surface area (Å²) in [6, 6.07) is 14.5. The fraction of sp³-hybridized carbons (Fsp3) is 0.263. The number of rotatable bonds is 8. The van der Waals surface area contributed by atoms with Crippen LogP contribution in [0, 0.1) is 5.82 Å². The maximum absolute atomic E-state index is 13.5. The number of nitrogens with one attached hydrogen (secondary N) is 1. The number of aliphatic carboxylic acids is 1. The second-order valence-corrected chi connectivity index (χ2v) is 5.60.